The van der Waals surface area contributed by atoms with Crippen LogP contribution in [0.3, 0.4) is 0 Å². The van der Waals surface area contributed by atoms with E-state index in [1.54, 1.807) is 24.3 Å². The van der Waals surface area contributed by atoms with Crippen molar-refractivity contribution in [3.63, 3.8) is 0 Å². The Morgan fingerprint density at radius 3 is 2.41 bits per heavy atom. The molecule has 0 saturated carbocycles. The molecule has 1 N–H and O–H groups in total. The number of hydrogen-bond donors (Lipinski definition) is 1. The van der Waals surface area contributed by atoms with Crippen LogP contribution in [0.1, 0.15) is 63.2 Å². The van der Waals surface area contributed by atoms with E-state index in [1.807, 2.05) is 6.92 Å². The molecule has 0 aromatic heterocycles. The van der Waals surface area contributed by atoms with Crippen LogP contribution >= 0.6 is 0 Å². The maximum atomic E-state index is 12.5. The summed E-state index contributed by atoms with van der Waals surface area (Å²) in [6.07, 6.45) is 4.48. The van der Waals surface area contributed by atoms with Gasteiger partial charge in [-0.1, -0.05) is 13.8 Å². The van der Waals surface area contributed by atoms with Crippen molar-refractivity contribution < 1.29 is 19.4 Å². The zero-order valence-corrected chi connectivity index (χ0v) is 16.5. The first kappa shape index (κ1) is 21.0. The predicted molar refractivity (Wildman–Crippen MR) is 107 cm³/mol. The molecule has 0 aliphatic heterocycles. The first-order valence-electron chi connectivity index (χ1n) is 9.65. The topological polar surface area (TPSA) is 76.0 Å². The molecule has 0 bridgehead atoms. The van der Waals surface area contributed by atoms with Crippen LogP contribution in [-0.4, -0.2) is 36.1 Å². The molecule has 1 aromatic carbocycles. The van der Waals surface area contributed by atoms with Crippen molar-refractivity contribution in [2.75, 3.05) is 13.2 Å². The zero-order valence-electron chi connectivity index (χ0n) is 16.5. The Morgan fingerprint density at radius 2 is 1.85 bits per heavy atom. The monoisotopic (exact) mass is 371 g/mol. The van der Waals surface area contributed by atoms with Crippen molar-refractivity contribution in [1.29, 1.82) is 0 Å². The number of ether oxygens (including phenoxy) is 1. The van der Waals surface area contributed by atoms with Crippen LogP contribution in [0.25, 0.3) is 0 Å². The van der Waals surface area contributed by atoms with Crippen LogP contribution in [0.5, 0.6) is 0 Å². The summed E-state index contributed by atoms with van der Waals surface area (Å²) in [5.74, 6) is 0.0904. The van der Waals surface area contributed by atoms with E-state index in [9.17, 15) is 14.7 Å². The molecule has 0 saturated heterocycles. The van der Waals surface area contributed by atoms with Gasteiger partial charge in [0.1, 0.15) is 5.76 Å². The lowest BCUT2D eigenvalue weighted by Crippen LogP contribution is -2.30. The van der Waals surface area contributed by atoms with Crippen molar-refractivity contribution in [2.24, 2.45) is 10.4 Å². The number of nitrogens with zero attached hydrogens (tertiary/aromatic N) is 1. The Balaban J connectivity index is 2.07. The fourth-order valence-electron chi connectivity index (χ4n) is 3.33. The molecular weight excluding hydrogens is 342 g/mol. The molecule has 0 heterocycles. The van der Waals surface area contributed by atoms with Crippen LogP contribution in [0.15, 0.2) is 40.6 Å². The molecule has 5 heteroatoms. The molecule has 27 heavy (non-hydrogen) atoms. The maximum absolute atomic E-state index is 12.5. The van der Waals surface area contributed by atoms with Crippen molar-refractivity contribution in [2.45, 2.75) is 52.9 Å². The fraction of sp³-hybridized carbons (Fsp3) is 0.500. The zero-order chi connectivity index (χ0) is 19.9. The lowest BCUT2D eigenvalue weighted by Gasteiger charge is -2.34. The minimum absolute atomic E-state index is 0.0252. The number of aliphatic hydroxyl groups excluding tert-OH is 1. The number of aliphatic hydroxyl groups is 1. The number of allylic oxidation sites excluding steroid dienone is 2. The first-order valence-corrected chi connectivity index (χ1v) is 9.65. The predicted octanol–water partition coefficient (Wildman–Crippen LogP) is 4.98. The molecule has 1 aliphatic rings. The fourth-order valence-corrected chi connectivity index (χ4v) is 3.33. The van der Waals surface area contributed by atoms with E-state index in [0.29, 0.717) is 49.3 Å². The van der Waals surface area contributed by atoms with Crippen LogP contribution in [0.4, 0.5) is 5.69 Å². The van der Waals surface area contributed by atoms with Crippen molar-refractivity contribution in [3.8, 4) is 0 Å². The SMILES string of the molecule is CCOCCC(=O)c1ccc(N=CC2=C(O)CC(CC)(CC)CC2=O)cc1. The second-order valence-electron chi connectivity index (χ2n) is 7.02. The van der Waals surface area contributed by atoms with E-state index in [-0.39, 0.29) is 22.7 Å². The summed E-state index contributed by atoms with van der Waals surface area (Å²) in [6.45, 7) is 7.02. The number of Topliss-reactive ketones (excluding diaryl/α,β-unsaturated/α-hetero) is 2. The third-order valence-corrected chi connectivity index (χ3v) is 5.40. The highest BCUT2D eigenvalue weighted by Crippen LogP contribution is 2.41. The summed E-state index contributed by atoms with van der Waals surface area (Å²) >= 11 is 0. The minimum Gasteiger partial charge on any atom is -0.511 e. The summed E-state index contributed by atoms with van der Waals surface area (Å²) in [5, 5.41) is 10.3. The van der Waals surface area contributed by atoms with Gasteiger partial charge >= 0.3 is 0 Å². The number of hydrogen-bond acceptors (Lipinski definition) is 5. The van der Waals surface area contributed by atoms with E-state index in [2.05, 4.69) is 18.8 Å². The Bertz CT molecular complexity index is 727. The van der Waals surface area contributed by atoms with Crippen molar-refractivity contribution in [3.05, 3.63) is 41.2 Å². The van der Waals surface area contributed by atoms with Crippen LogP contribution < -0.4 is 0 Å². The lowest BCUT2D eigenvalue weighted by molar-refractivity contribution is -0.118. The molecule has 0 atom stereocenters. The molecule has 2 rings (SSSR count). The highest BCUT2D eigenvalue weighted by molar-refractivity contribution is 6.15. The average molecular weight is 371 g/mol. The smallest absolute Gasteiger partial charge is 0.168 e. The number of carbonyl (C=O) groups is 2. The molecule has 0 radical (unpaired) electrons. The van der Waals surface area contributed by atoms with Gasteiger partial charge in [0.2, 0.25) is 0 Å². The normalized spacial score (nSPS) is 16.9. The van der Waals surface area contributed by atoms with E-state index in [1.165, 1.54) is 6.21 Å². The number of aliphatic imine (C=N–C) groups is 1. The summed E-state index contributed by atoms with van der Waals surface area (Å²) in [6, 6.07) is 6.91. The molecule has 1 aliphatic carbocycles. The van der Waals surface area contributed by atoms with Gasteiger partial charge < -0.3 is 9.84 Å². The van der Waals surface area contributed by atoms with Crippen LogP contribution in [0.2, 0.25) is 0 Å². The van der Waals surface area contributed by atoms with E-state index < -0.39 is 0 Å². The number of benzene rings is 1. The lowest BCUT2D eigenvalue weighted by atomic mass is 9.70. The highest BCUT2D eigenvalue weighted by atomic mass is 16.5. The maximum Gasteiger partial charge on any atom is 0.168 e. The molecule has 0 fully saturated rings. The summed E-state index contributed by atoms with van der Waals surface area (Å²) in [4.78, 5) is 28.8. The van der Waals surface area contributed by atoms with Crippen molar-refractivity contribution >= 4 is 23.5 Å². The summed E-state index contributed by atoms with van der Waals surface area (Å²) in [5.41, 5.74) is 1.40. The molecule has 0 spiro atoms. The molecule has 5 nitrogen and oxygen atoms in total. The molecular formula is C22H29NO4. The van der Waals surface area contributed by atoms with Gasteiger partial charge in [-0.2, -0.15) is 0 Å². The van der Waals surface area contributed by atoms with Crippen LogP contribution in [-0.2, 0) is 9.53 Å². The van der Waals surface area contributed by atoms with Gasteiger partial charge in [0.25, 0.3) is 0 Å². The summed E-state index contributed by atoms with van der Waals surface area (Å²) in [7, 11) is 0. The van der Waals surface area contributed by atoms with E-state index in [0.717, 1.165) is 12.8 Å². The highest BCUT2D eigenvalue weighted by Gasteiger charge is 2.36. The van der Waals surface area contributed by atoms with Crippen molar-refractivity contribution in [1.82, 2.24) is 0 Å². The quantitative estimate of drug-likeness (QED) is 0.377. The van der Waals surface area contributed by atoms with Gasteiger partial charge in [-0.15, -0.1) is 0 Å². The molecule has 0 amide bonds. The standard InChI is InChI=1S/C22H29NO4/c1-4-22(5-2)13-20(25)18(21(26)14-22)15-23-17-9-7-16(8-10-17)19(24)11-12-27-6-3/h7-10,15,25H,4-6,11-14H2,1-3H3. The van der Waals surface area contributed by atoms with Gasteiger partial charge in [-0.3, -0.25) is 14.6 Å². The van der Waals surface area contributed by atoms with Gasteiger partial charge in [0.15, 0.2) is 11.6 Å². The van der Waals surface area contributed by atoms with Crippen LogP contribution in [0, 0.1) is 5.41 Å². The number of rotatable bonds is 9. The Kier molecular flexibility index (Phi) is 7.48. The van der Waals surface area contributed by atoms with E-state index in [4.69, 9.17) is 4.74 Å². The Morgan fingerprint density at radius 1 is 1.19 bits per heavy atom. The second-order valence-corrected chi connectivity index (χ2v) is 7.02. The summed E-state index contributed by atoms with van der Waals surface area (Å²) < 4.78 is 5.20. The molecule has 0 unspecified atom stereocenters. The Hall–Kier alpha value is -2.27. The second kappa shape index (κ2) is 9.60. The van der Waals surface area contributed by atoms with Gasteiger partial charge in [0, 0.05) is 37.6 Å². The first-order chi connectivity index (χ1) is 12.9. The molecule has 1 aromatic rings. The average Bonchev–Trinajstić information content (AvgIpc) is 2.67. The number of ketones is 2. The minimum atomic E-state index is -0.137. The van der Waals surface area contributed by atoms with E-state index >= 15 is 0 Å². The third kappa shape index (κ3) is 5.36. The Labute approximate surface area is 161 Å². The van der Waals surface area contributed by atoms with Gasteiger partial charge in [0.05, 0.1) is 17.9 Å². The number of carbonyl (C=O) groups excluding carboxylic acids is 2. The largest absolute Gasteiger partial charge is 0.511 e. The van der Waals surface area contributed by atoms with Gasteiger partial charge in [-0.05, 0) is 49.4 Å². The third-order valence-electron chi connectivity index (χ3n) is 5.40. The van der Waals surface area contributed by atoms with Gasteiger partial charge in [-0.25, -0.2) is 0 Å². The molecule has 146 valence electrons.